The fourth-order valence-electron chi connectivity index (χ4n) is 3.84. The molecule has 11 nitrogen and oxygen atoms in total. The molecule has 1 aliphatic rings. The molecule has 2 heterocycles. The summed E-state index contributed by atoms with van der Waals surface area (Å²) in [4.78, 5) is 25.3. The Morgan fingerprint density at radius 3 is 2.56 bits per heavy atom. The number of alkyl carbamates (subject to hydrolysis) is 1. The summed E-state index contributed by atoms with van der Waals surface area (Å²) in [5.41, 5.74) is 0.581. The smallest absolute Gasteiger partial charge is 0.407 e. The predicted octanol–water partition coefficient (Wildman–Crippen LogP) is 2.14. The second-order valence-corrected chi connectivity index (χ2v) is 11.5. The number of nitrogens with zero attached hydrogens (tertiary/aromatic N) is 2. The lowest BCUT2D eigenvalue weighted by Crippen LogP contribution is -2.28. The molecule has 13 heteroatoms. The second kappa shape index (κ2) is 9.74. The van der Waals surface area contributed by atoms with Crippen LogP contribution in [0.4, 0.5) is 4.79 Å². The SMILES string of the molecule is CCCS(=O)(=O)Oc1c(C(=O)c2ccc3c(c2C)C(OC(=O)NC)CCS3(=O)=O)cnn1CC. The van der Waals surface area contributed by atoms with Gasteiger partial charge in [0.05, 0.1) is 22.6 Å². The molecule has 0 saturated carbocycles. The first-order valence-corrected chi connectivity index (χ1v) is 14.0. The standard InChI is InChI=1S/C21H27N3O8S2/c1-5-10-34(29,30)32-20-15(12-23-24(20)6-2)19(25)14-7-8-17-18(13(14)3)16(31-21(26)22-4)9-11-33(17,27)28/h7-8,12,16H,5-6,9-11H2,1-4H3,(H,22,26). The summed E-state index contributed by atoms with van der Waals surface area (Å²) in [6, 6.07) is 2.67. The van der Waals surface area contributed by atoms with Gasteiger partial charge in [-0.05, 0) is 38.0 Å². The third kappa shape index (κ3) is 4.94. The average molecular weight is 514 g/mol. The Labute approximate surface area is 198 Å². The molecule has 0 bridgehead atoms. The van der Waals surface area contributed by atoms with Gasteiger partial charge >= 0.3 is 16.2 Å². The van der Waals surface area contributed by atoms with E-state index in [2.05, 4.69) is 10.4 Å². The summed E-state index contributed by atoms with van der Waals surface area (Å²) in [5, 5.41) is 6.40. The van der Waals surface area contributed by atoms with E-state index >= 15 is 0 Å². The summed E-state index contributed by atoms with van der Waals surface area (Å²) < 4.78 is 61.7. The number of ketones is 1. The molecule has 1 N–H and O–H groups in total. The van der Waals surface area contributed by atoms with Crippen LogP contribution in [0.3, 0.4) is 0 Å². The molecular formula is C21H27N3O8S2. The van der Waals surface area contributed by atoms with E-state index < -0.39 is 37.9 Å². The minimum absolute atomic E-state index is 0.00652. The molecule has 186 valence electrons. The fraction of sp³-hybridized carbons (Fsp3) is 0.476. The van der Waals surface area contributed by atoms with Crippen molar-refractivity contribution < 1.29 is 35.3 Å². The van der Waals surface area contributed by atoms with Gasteiger partial charge < -0.3 is 14.2 Å². The van der Waals surface area contributed by atoms with Crippen molar-refractivity contribution in [2.75, 3.05) is 18.6 Å². The quantitative estimate of drug-likeness (QED) is 0.413. The third-order valence-corrected chi connectivity index (χ3v) is 8.59. The zero-order valence-corrected chi connectivity index (χ0v) is 21.0. The maximum absolute atomic E-state index is 13.5. The first kappa shape index (κ1) is 25.7. The maximum atomic E-state index is 13.5. The van der Waals surface area contributed by atoms with Gasteiger partial charge in [-0.3, -0.25) is 4.79 Å². The molecule has 1 aromatic carbocycles. The van der Waals surface area contributed by atoms with Gasteiger partial charge in [-0.1, -0.05) is 6.92 Å². The molecule has 3 rings (SSSR count). The van der Waals surface area contributed by atoms with Crippen LogP contribution in [0, 0.1) is 6.92 Å². The lowest BCUT2D eigenvalue weighted by atomic mass is 9.93. The molecule has 1 amide bonds. The average Bonchev–Trinajstić information content (AvgIpc) is 3.16. The number of aromatic nitrogens is 2. The summed E-state index contributed by atoms with van der Waals surface area (Å²) in [6.07, 6.45) is -0.00970. The van der Waals surface area contributed by atoms with Crippen LogP contribution in [0.25, 0.3) is 0 Å². The van der Waals surface area contributed by atoms with E-state index in [1.165, 1.54) is 30.1 Å². The van der Waals surface area contributed by atoms with Gasteiger partial charge in [0.15, 0.2) is 15.6 Å². The fourth-order valence-corrected chi connectivity index (χ4v) is 6.48. The van der Waals surface area contributed by atoms with Gasteiger partial charge in [0.2, 0.25) is 5.88 Å². The van der Waals surface area contributed by atoms with Crippen LogP contribution < -0.4 is 9.50 Å². The number of benzene rings is 1. The summed E-state index contributed by atoms with van der Waals surface area (Å²) in [5.74, 6) is -1.23. The van der Waals surface area contributed by atoms with Crippen molar-refractivity contribution in [2.45, 2.75) is 51.2 Å². The Balaban J connectivity index is 2.12. The first-order chi connectivity index (χ1) is 16.0. The normalized spacial score (nSPS) is 17.0. The molecule has 1 unspecified atom stereocenters. The number of hydrogen-bond acceptors (Lipinski definition) is 9. The van der Waals surface area contributed by atoms with Gasteiger partial charge in [0.25, 0.3) is 0 Å². The third-order valence-electron chi connectivity index (χ3n) is 5.47. The van der Waals surface area contributed by atoms with Gasteiger partial charge in [-0.25, -0.2) is 17.9 Å². The van der Waals surface area contributed by atoms with Crippen LogP contribution in [-0.2, 0) is 31.2 Å². The van der Waals surface area contributed by atoms with Crippen LogP contribution in [0.1, 0.15) is 59.8 Å². The Morgan fingerprint density at radius 1 is 1.24 bits per heavy atom. The van der Waals surface area contributed by atoms with E-state index in [4.69, 9.17) is 8.92 Å². The molecular weight excluding hydrogens is 486 g/mol. The highest BCUT2D eigenvalue weighted by Crippen LogP contribution is 2.39. The zero-order valence-electron chi connectivity index (χ0n) is 19.3. The highest BCUT2D eigenvalue weighted by Gasteiger charge is 2.36. The number of amides is 1. The maximum Gasteiger partial charge on any atom is 0.407 e. The number of carbonyl (C=O) groups is 2. The molecule has 0 radical (unpaired) electrons. The van der Waals surface area contributed by atoms with Crippen molar-refractivity contribution in [3.8, 4) is 5.88 Å². The molecule has 2 aromatic rings. The van der Waals surface area contributed by atoms with Crippen molar-refractivity contribution in [3.63, 3.8) is 0 Å². The van der Waals surface area contributed by atoms with Gasteiger partial charge in [-0.15, -0.1) is 0 Å². The van der Waals surface area contributed by atoms with Crippen LogP contribution in [0.2, 0.25) is 0 Å². The lowest BCUT2D eigenvalue weighted by Gasteiger charge is -2.27. The van der Waals surface area contributed by atoms with Crippen molar-refractivity contribution in [3.05, 3.63) is 40.6 Å². The molecule has 0 saturated heterocycles. The minimum Gasteiger partial charge on any atom is -0.441 e. The summed E-state index contributed by atoms with van der Waals surface area (Å²) in [7, 11) is -6.19. The number of fused-ring (bicyclic) bond motifs is 1. The van der Waals surface area contributed by atoms with E-state index in [1.807, 2.05) is 0 Å². The molecule has 0 aliphatic carbocycles. The molecule has 1 aromatic heterocycles. The van der Waals surface area contributed by atoms with Crippen molar-refractivity contribution in [1.82, 2.24) is 15.1 Å². The van der Waals surface area contributed by atoms with Gasteiger partial charge in [0.1, 0.15) is 11.7 Å². The number of hydrogen-bond donors (Lipinski definition) is 1. The molecule has 1 aliphatic heterocycles. The van der Waals surface area contributed by atoms with E-state index in [0.29, 0.717) is 12.0 Å². The van der Waals surface area contributed by atoms with Crippen molar-refractivity contribution in [1.29, 1.82) is 0 Å². The number of aryl methyl sites for hydroxylation is 1. The predicted molar refractivity (Wildman–Crippen MR) is 122 cm³/mol. The minimum atomic E-state index is -3.95. The number of ether oxygens (including phenoxy) is 1. The Hall–Kier alpha value is -2.93. The monoisotopic (exact) mass is 513 g/mol. The Bertz CT molecular complexity index is 1330. The molecule has 0 fully saturated rings. The number of carbonyl (C=O) groups excluding carboxylic acids is 2. The van der Waals surface area contributed by atoms with E-state index in [9.17, 15) is 26.4 Å². The number of sulfone groups is 1. The highest BCUT2D eigenvalue weighted by atomic mass is 32.2. The van der Waals surface area contributed by atoms with Crippen molar-refractivity contribution >= 4 is 31.8 Å². The lowest BCUT2D eigenvalue weighted by molar-refractivity contribution is 0.0941. The van der Waals surface area contributed by atoms with Crippen molar-refractivity contribution in [2.24, 2.45) is 0 Å². The molecule has 1 atom stereocenters. The number of nitrogens with one attached hydrogen (secondary N) is 1. The molecule has 34 heavy (non-hydrogen) atoms. The topological polar surface area (TPSA) is 151 Å². The zero-order chi connectivity index (χ0) is 25.3. The molecule has 0 spiro atoms. The van der Waals surface area contributed by atoms with Crippen LogP contribution in [0.15, 0.2) is 23.2 Å². The first-order valence-electron chi connectivity index (χ1n) is 10.7. The van der Waals surface area contributed by atoms with E-state index in [0.717, 1.165) is 0 Å². The Kier molecular flexibility index (Phi) is 7.36. The second-order valence-electron chi connectivity index (χ2n) is 7.75. The Morgan fingerprint density at radius 2 is 1.94 bits per heavy atom. The summed E-state index contributed by atoms with van der Waals surface area (Å²) >= 11 is 0. The number of rotatable bonds is 8. The van der Waals surface area contributed by atoms with E-state index in [-0.39, 0.29) is 51.9 Å². The largest absolute Gasteiger partial charge is 0.441 e. The summed E-state index contributed by atoms with van der Waals surface area (Å²) in [6.45, 7) is 5.22. The van der Waals surface area contributed by atoms with Crippen LogP contribution in [-0.4, -0.2) is 57.0 Å². The van der Waals surface area contributed by atoms with Gasteiger partial charge in [-0.2, -0.15) is 13.5 Å². The van der Waals surface area contributed by atoms with Crippen LogP contribution in [0.5, 0.6) is 5.88 Å². The van der Waals surface area contributed by atoms with Gasteiger partial charge in [0, 0.05) is 31.1 Å². The van der Waals surface area contributed by atoms with Crippen LogP contribution >= 0.6 is 0 Å². The highest BCUT2D eigenvalue weighted by molar-refractivity contribution is 7.91. The van der Waals surface area contributed by atoms with E-state index in [1.54, 1.807) is 20.8 Å².